The van der Waals surface area contributed by atoms with E-state index in [9.17, 15) is 4.79 Å². The summed E-state index contributed by atoms with van der Waals surface area (Å²) in [5, 5.41) is 0. The number of rotatable bonds is 3. The van der Waals surface area contributed by atoms with Crippen molar-refractivity contribution < 1.29 is 22.5 Å². The van der Waals surface area contributed by atoms with E-state index in [2.05, 4.69) is 32.4 Å². The Morgan fingerprint density at radius 1 is 1.33 bits per heavy atom. The van der Waals surface area contributed by atoms with Crippen molar-refractivity contribution in [1.82, 2.24) is 0 Å². The maximum atomic E-state index is 11.0. The van der Waals surface area contributed by atoms with Crippen molar-refractivity contribution in [2.45, 2.75) is 39.5 Å². The second kappa shape index (κ2) is 9.86. The Kier molecular flexibility index (Phi) is 10.9. The van der Waals surface area contributed by atoms with Gasteiger partial charge in [-0.3, -0.25) is 9.35 Å². The van der Waals surface area contributed by atoms with Crippen LogP contribution in [0.25, 0.3) is 0 Å². The summed E-state index contributed by atoms with van der Waals surface area (Å²) in [6, 6.07) is 7.71. The zero-order valence-electron chi connectivity index (χ0n) is 12.0. The quantitative estimate of drug-likeness (QED) is 0.220. The number of hydrogen-bond acceptors (Lipinski definition) is 4. The van der Waals surface area contributed by atoms with Crippen LogP contribution in [0, 0.1) is 0 Å². The van der Waals surface area contributed by atoms with Gasteiger partial charge >= 0.3 is 44.7 Å². The summed E-state index contributed by atoms with van der Waals surface area (Å²) in [4.78, 5) is 11.0. The van der Waals surface area contributed by atoms with E-state index in [0.717, 1.165) is 12.0 Å². The summed E-state index contributed by atoms with van der Waals surface area (Å²) < 4.78 is 30.7. The number of hydrogen-bond donors (Lipinski definition) is 2. The summed E-state index contributed by atoms with van der Waals surface area (Å²) in [5.74, 6) is 0.409. The normalized spacial score (nSPS) is 10.8. The van der Waals surface area contributed by atoms with E-state index >= 15 is 0 Å². The Balaban J connectivity index is 0. The van der Waals surface area contributed by atoms with Crippen LogP contribution in [0.1, 0.15) is 39.7 Å². The summed E-state index contributed by atoms with van der Waals surface area (Å²) >= 11 is 2.65. The van der Waals surface area contributed by atoms with E-state index in [-0.39, 0.29) is 40.9 Å². The Morgan fingerprint density at radius 2 is 1.76 bits per heavy atom. The molecule has 0 saturated carbocycles. The fourth-order valence-corrected chi connectivity index (χ4v) is 1.46. The molecule has 5 nitrogen and oxygen atoms in total. The molecule has 0 saturated heterocycles. The number of para-hydroxylation sites is 1. The molecule has 0 bridgehead atoms. The standard InChI is InChI=1S/C13H18O2.Na.H2O3S2.H/c1-5-13(3,4)11-8-6-7-9-12(11)15-10(2)14;;1-5(2,3)4;/h6-9H,5H2,1-4H3;;(H2,1,2,3,4);. The van der Waals surface area contributed by atoms with Crippen LogP contribution in [0.5, 0.6) is 5.75 Å². The summed E-state index contributed by atoms with van der Waals surface area (Å²) in [6.07, 6.45) is 1.01. The number of benzene rings is 1. The number of carbonyl (C=O) groups is 1. The second-order valence-corrected chi connectivity index (χ2v) is 7.06. The molecule has 0 unspecified atom stereocenters. The van der Waals surface area contributed by atoms with Crippen molar-refractivity contribution in [2.75, 3.05) is 0 Å². The van der Waals surface area contributed by atoms with Crippen LogP contribution in [0.4, 0.5) is 0 Å². The van der Waals surface area contributed by atoms with Gasteiger partial charge in [0.25, 0.3) is 0 Å². The Hall–Kier alpha value is -0.0500. The first-order chi connectivity index (χ1) is 8.97. The van der Waals surface area contributed by atoms with Gasteiger partial charge in [-0.2, -0.15) is 8.42 Å². The van der Waals surface area contributed by atoms with Gasteiger partial charge in [0.1, 0.15) is 5.75 Å². The van der Waals surface area contributed by atoms with Crippen LogP contribution in [0.3, 0.4) is 0 Å². The fraction of sp³-hybridized carbons (Fsp3) is 0.462. The number of esters is 1. The molecular weight excluding hydrogens is 323 g/mol. The van der Waals surface area contributed by atoms with Crippen LogP contribution in [0.15, 0.2) is 24.3 Å². The van der Waals surface area contributed by atoms with E-state index in [1.807, 2.05) is 24.3 Å². The average Bonchev–Trinajstić information content (AvgIpc) is 2.26. The molecule has 0 heterocycles. The van der Waals surface area contributed by atoms with Crippen molar-refractivity contribution >= 4 is 56.3 Å². The summed E-state index contributed by atoms with van der Waals surface area (Å²) in [5.41, 5.74) is 1.12. The molecule has 0 aliphatic rings. The molecule has 1 rings (SSSR count). The first-order valence-corrected chi connectivity index (χ1v) is 8.44. The third kappa shape index (κ3) is 11.2. The van der Waals surface area contributed by atoms with Crippen molar-refractivity contribution in [3.63, 3.8) is 0 Å². The molecule has 1 aromatic carbocycles. The Labute approximate surface area is 153 Å². The molecular formula is C13H21NaO5S2. The molecule has 0 aliphatic carbocycles. The van der Waals surface area contributed by atoms with E-state index in [4.69, 9.17) is 17.7 Å². The number of carbonyl (C=O) groups excluding carboxylic acids is 1. The van der Waals surface area contributed by atoms with Gasteiger partial charge in [-0.1, -0.05) is 39.0 Å². The van der Waals surface area contributed by atoms with Crippen molar-refractivity contribution in [2.24, 2.45) is 0 Å². The van der Waals surface area contributed by atoms with Crippen molar-refractivity contribution in [3.05, 3.63) is 29.8 Å². The minimum absolute atomic E-state index is 0. The van der Waals surface area contributed by atoms with Gasteiger partial charge in [0, 0.05) is 12.5 Å². The van der Waals surface area contributed by atoms with E-state index in [0.29, 0.717) is 5.75 Å². The molecule has 1 aromatic rings. The zero-order valence-corrected chi connectivity index (χ0v) is 13.7. The van der Waals surface area contributed by atoms with Crippen LogP contribution < -0.4 is 4.74 Å². The molecule has 116 valence electrons. The number of thiol groups is 1. The maximum absolute atomic E-state index is 11.0. The molecule has 0 atom stereocenters. The summed E-state index contributed by atoms with van der Waals surface area (Å²) in [6.45, 7) is 7.85. The first-order valence-electron chi connectivity index (χ1n) is 5.95. The third-order valence-electron chi connectivity index (χ3n) is 2.75. The third-order valence-corrected chi connectivity index (χ3v) is 2.75. The molecule has 1 N–H and O–H groups in total. The van der Waals surface area contributed by atoms with E-state index in [1.165, 1.54) is 6.92 Å². The monoisotopic (exact) mass is 344 g/mol. The molecule has 0 fully saturated rings. The fourth-order valence-electron chi connectivity index (χ4n) is 1.46. The van der Waals surface area contributed by atoms with Crippen LogP contribution in [-0.2, 0) is 19.4 Å². The molecule has 0 aromatic heterocycles. The Morgan fingerprint density at radius 3 is 2.14 bits per heavy atom. The van der Waals surface area contributed by atoms with Gasteiger partial charge in [0.2, 0.25) is 0 Å². The molecule has 0 amide bonds. The molecule has 0 aliphatic heterocycles. The van der Waals surface area contributed by atoms with Gasteiger partial charge in [0.05, 0.1) is 0 Å². The Bertz CT molecular complexity index is 547. The van der Waals surface area contributed by atoms with Gasteiger partial charge in [-0.15, -0.1) is 0 Å². The minimum atomic E-state index is -3.97. The van der Waals surface area contributed by atoms with Crippen molar-refractivity contribution in [3.8, 4) is 5.75 Å². The van der Waals surface area contributed by atoms with Gasteiger partial charge in [0.15, 0.2) is 0 Å². The van der Waals surface area contributed by atoms with Crippen LogP contribution >= 0.6 is 11.7 Å². The predicted molar refractivity (Wildman–Crippen MR) is 88.8 cm³/mol. The molecule has 0 spiro atoms. The van der Waals surface area contributed by atoms with Gasteiger partial charge in [-0.05, 0) is 29.6 Å². The van der Waals surface area contributed by atoms with Crippen molar-refractivity contribution in [1.29, 1.82) is 0 Å². The predicted octanol–water partition coefficient (Wildman–Crippen LogP) is 2.37. The molecule has 0 radical (unpaired) electrons. The van der Waals surface area contributed by atoms with E-state index < -0.39 is 9.15 Å². The van der Waals surface area contributed by atoms with Gasteiger partial charge in [-0.25, -0.2) is 0 Å². The average molecular weight is 344 g/mol. The van der Waals surface area contributed by atoms with Crippen LogP contribution in [0.2, 0.25) is 0 Å². The molecule has 8 heteroatoms. The van der Waals surface area contributed by atoms with Crippen LogP contribution in [-0.4, -0.2) is 48.5 Å². The molecule has 21 heavy (non-hydrogen) atoms. The van der Waals surface area contributed by atoms with E-state index in [1.54, 1.807) is 0 Å². The summed E-state index contributed by atoms with van der Waals surface area (Å²) in [7, 11) is -3.97. The first kappa shape index (κ1) is 23.2. The zero-order chi connectivity index (χ0) is 16.0. The second-order valence-electron chi connectivity index (χ2n) is 4.78. The van der Waals surface area contributed by atoms with Gasteiger partial charge < -0.3 is 4.74 Å². The topological polar surface area (TPSA) is 80.7 Å². The number of ether oxygens (including phenoxy) is 1. The SMILES string of the molecule is CCC(C)(C)c1ccccc1OC(C)=O.O=S(=O)(O)S.[NaH].